The number of para-hydroxylation sites is 2. The Labute approximate surface area is 142 Å². The van der Waals surface area contributed by atoms with Gasteiger partial charge in [-0.3, -0.25) is 9.59 Å². The molecule has 130 valence electrons. The van der Waals surface area contributed by atoms with E-state index in [0.717, 1.165) is 36.2 Å². The molecule has 0 bridgehead atoms. The molecule has 2 rings (SSSR count). The van der Waals surface area contributed by atoms with Crippen molar-refractivity contribution in [3.8, 4) is 0 Å². The Morgan fingerprint density at radius 2 is 2.04 bits per heavy atom. The van der Waals surface area contributed by atoms with Crippen LogP contribution in [0.4, 0.5) is 0 Å². The maximum atomic E-state index is 12.5. The highest BCUT2D eigenvalue weighted by Crippen LogP contribution is 2.16. The Balaban J connectivity index is 2.19. The number of rotatable bonds is 8. The minimum absolute atomic E-state index is 0.0620. The number of nitrogens with one attached hydrogen (secondary N) is 1. The Kier molecular flexibility index (Phi) is 6.35. The van der Waals surface area contributed by atoms with Crippen LogP contribution in [0.15, 0.2) is 24.3 Å². The van der Waals surface area contributed by atoms with Gasteiger partial charge in [-0.1, -0.05) is 25.5 Å². The Morgan fingerprint density at radius 1 is 1.29 bits per heavy atom. The van der Waals surface area contributed by atoms with Crippen molar-refractivity contribution in [2.24, 2.45) is 0 Å². The van der Waals surface area contributed by atoms with Crippen LogP contribution in [0.1, 0.15) is 32.5 Å². The van der Waals surface area contributed by atoms with Crippen LogP contribution < -0.4 is 5.32 Å². The summed E-state index contributed by atoms with van der Waals surface area (Å²) in [4.78, 5) is 30.0. The SMILES string of the molecule is CCCCN(C)C(=O)Cn1c(CCNC(C)=O)nc2ccccc21. The average molecular weight is 330 g/mol. The Hall–Kier alpha value is -2.37. The predicted octanol–water partition coefficient (Wildman–Crippen LogP) is 1.97. The molecule has 0 unspecified atom stereocenters. The third-order valence-corrected chi connectivity index (χ3v) is 4.02. The Morgan fingerprint density at radius 3 is 2.75 bits per heavy atom. The normalized spacial score (nSPS) is 10.8. The second-order valence-electron chi connectivity index (χ2n) is 6.00. The number of carbonyl (C=O) groups excluding carboxylic acids is 2. The molecule has 1 N–H and O–H groups in total. The second-order valence-corrected chi connectivity index (χ2v) is 6.00. The van der Waals surface area contributed by atoms with Gasteiger partial charge < -0.3 is 14.8 Å². The molecule has 0 spiro atoms. The summed E-state index contributed by atoms with van der Waals surface area (Å²) in [6.45, 7) is 5.16. The van der Waals surface area contributed by atoms with E-state index in [-0.39, 0.29) is 18.4 Å². The molecule has 0 radical (unpaired) electrons. The molecular weight excluding hydrogens is 304 g/mol. The van der Waals surface area contributed by atoms with Crippen molar-refractivity contribution < 1.29 is 9.59 Å². The monoisotopic (exact) mass is 330 g/mol. The topological polar surface area (TPSA) is 67.2 Å². The molecular formula is C18H26N4O2. The number of aromatic nitrogens is 2. The molecule has 1 aromatic carbocycles. The molecule has 2 aromatic rings. The first kappa shape index (κ1) is 18.0. The summed E-state index contributed by atoms with van der Waals surface area (Å²) in [7, 11) is 1.84. The number of carbonyl (C=O) groups is 2. The van der Waals surface area contributed by atoms with Gasteiger partial charge in [0.25, 0.3) is 0 Å². The van der Waals surface area contributed by atoms with Crippen molar-refractivity contribution in [1.82, 2.24) is 19.8 Å². The molecule has 0 saturated heterocycles. The van der Waals surface area contributed by atoms with Gasteiger partial charge in [0.15, 0.2) is 0 Å². The van der Waals surface area contributed by atoms with E-state index in [1.165, 1.54) is 6.92 Å². The van der Waals surface area contributed by atoms with E-state index in [9.17, 15) is 9.59 Å². The molecule has 0 aliphatic rings. The second kappa shape index (κ2) is 8.47. The molecule has 0 fully saturated rings. The van der Waals surface area contributed by atoms with Crippen LogP contribution in [-0.2, 0) is 22.6 Å². The number of amides is 2. The number of nitrogens with zero attached hydrogens (tertiary/aromatic N) is 3. The quantitative estimate of drug-likeness (QED) is 0.805. The van der Waals surface area contributed by atoms with Gasteiger partial charge in [-0.15, -0.1) is 0 Å². The van der Waals surface area contributed by atoms with Gasteiger partial charge in [-0.25, -0.2) is 4.98 Å². The molecule has 0 aliphatic carbocycles. The number of hydrogen-bond donors (Lipinski definition) is 1. The zero-order valence-corrected chi connectivity index (χ0v) is 14.7. The van der Waals surface area contributed by atoms with Crippen LogP contribution in [0.3, 0.4) is 0 Å². The predicted molar refractivity (Wildman–Crippen MR) is 94.7 cm³/mol. The standard InChI is InChI=1S/C18H26N4O2/c1-4-5-12-21(3)18(24)13-22-16-9-7-6-8-15(16)20-17(22)10-11-19-14(2)23/h6-9H,4-5,10-13H2,1-3H3,(H,19,23). The maximum Gasteiger partial charge on any atom is 0.242 e. The molecule has 2 amide bonds. The lowest BCUT2D eigenvalue weighted by atomic mass is 10.3. The minimum atomic E-state index is -0.0620. The van der Waals surface area contributed by atoms with Crippen LogP contribution >= 0.6 is 0 Å². The van der Waals surface area contributed by atoms with E-state index < -0.39 is 0 Å². The van der Waals surface area contributed by atoms with Crippen molar-refractivity contribution in [3.05, 3.63) is 30.1 Å². The molecule has 24 heavy (non-hydrogen) atoms. The highest BCUT2D eigenvalue weighted by molar-refractivity contribution is 5.81. The van der Waals surface area contributed by atoms with Crippen LogP contribution in [0, 0.1) is 0 Å². The van der Waals surface area contributed by atoms with Crippen molar-refractivity contribution >= 4 is 22.8 Å². The zero-order valence-electron chi connectivity index (χ0n) is 14.7. The van der Waals surface area contributed by atoms with Gasteiger partial charge >= 0.3 is 0 Å². The largest absolute Gasteiger partial charge is 0.356 e. The van der Waals surface area contributed by atoms with Crippen molar-refractivity contribution in [1.29, 1.82) is 0 Å². The molecule has 1 aromatic heterocycles. The summed E-state index contributed by atoms with van der Waals surface area (Å²) in [5.41, 5.74) is 1.83. The van der Waals surface area contributed by atoms with E-state index in [1.807, 2.05) is 35.9 Å². The first-order chi connectivity index (χ1) is 11.5. The molecule has 0 atom stereocenters. The van der Waals surface area contributed by atoms with Gasteiger partial charge in [-0.05, 0) is 18.6 Å². The first-order valence-corrected chi connectivity index (χ1v) is 8.45. The molecule has 6 nitrogen and oxygen atoms in total. The fourth-order valence-electron chi connectivity index (χ4n) is 2.62. The highest BCUT2D eigenvalue weighted by atomic mass is 16.2. The average Bonchev–Trinajstić information content (AvgIpc) is 2.90. The van der Waals surface area contributed by atoms with Gasteiger partial charge in [-0.2, -0.15) is 0 Å². The van der Waals surface area contributed by atoms with Crippen molar-refractivity contribution in [2.75, 3.05) is 20.1 Å². The number of fused-ring (bicyclic) bond motifs is 1. The first-order valence-electron chi connectivity index (χ1n) is 8.45. The summed E-state index contributed by atoms with van der Waals surface area (Å²) in [5.74, 6) is 0.836. The van der Waals surface area contributed by atoms with E-state index in [1.54, 1.807) is 4.90 Å². The number of imidazole rings is 1. The summed E-state index contributed by atoms with van der Waals surface area (Å²) < 4.78 is 1.96. The van der Waals surface area contributed by atoms with Crippen molar-refractivity contribution in [3.63, 3.8) is 0 Å². The van der Waals surface area contributed by atoms with Gasteiger partial charge in [0.1, 0.15) is 12.4 Å². The zero-order chi connectivity index (χ0) is 17.5. The fourth-order valence-corrected chi connectivity index (χ4v) is 2.62. The molecule has 0 saturated carbocycles. The van der Waals surface area contributed by atoms with Gasteiger partial charge in [0, 0.05) is 33.5 Å². The summed E-state index contributed by atoms with van der Waals surface area (Å²) in [5, 5.41) is 2.78. The summed E-state index contributed by atoms with van der Waals surface area (Å²) in [6, 6.07) is 7.80. The van der Waals surface area contributed by atoms with E-state index in [0.29, 0.717) is 13.0 Å². The molecule has 0 aliphatic heterocycles. The summed E-state index contributed by atoms with van der Waals surface area (Å²) in [6.07, 6.45) is 2.66. The van der Waals surface area contributed by atoms with Gasteiger partial charge in [0.2, 0.25) is 11.8 Å². The van der Waals surface area contributed by atoms with Crippen LogP contribution in [0.5, 0.6) is 0 Å². The smallest absolute Gasteiger partial charge is 0.242 e. The lowest BCUT2D eigenvalue weighted by Crippen LogP contribution is -2.32. The summed E-state index contributed by atoms with van der Waals surface area (Å²) >= 11 is 0. The Bertz CT molecular complexity index is 708. The van der Waals surface area contributed by atoms with Crippen LogP contribution in [0.25, 0.3) is 11.0 Å². The van der Waals surface area contributed by atoms with Crippen LogP contribution in [-0.4, -0.2) is 46.4 Å². The number of benzene rings is 1. The van der Waals surface area contributed by atoms with Crippen molar-refractivity contribution in [2.45, 2.75) is 39.7 Å². The number of likely N-dealkylation sites (N-methyl/N-ethyl adjacent to an activating group) is 1. The maximum absolute atomic E-state index is 12.5. The van der Waals surface area contributed by atoms with E-state index in [4.69, 9.17) is 0 Å². The lowest BCUT2D eigenvalue weighted by Gasteiger charge is -2.18. The molecule has 6 heteroatoms. The molecule has 1 heterocycles. The van der Waals surface area contributed by atoms with E-state index in [2.05, 4.69) is 17.2 Å². The minimum Gasteiger partial charge on any atom is -0.356 e. The fraction of sp³-hybridized carbons (Fsp3) is 0.500. The highest BCUT2D eigenvalue weighted by Gasteiger charge is 2.15. The van der Waals surface area contributed by atoms with E-state index >= 15 is 0 Å². The third kappa shape index (κ3) is 4.57. The van der Waals surface area contributed by atoms with Crippen LogP contribution in [0.2, 0.25) is 0 Å². The van der Waals surface area contributed by atoms with Gasteiger partial charge in [0.05, 0.1) is 11.0 Å². The lowest BCUT2D eigenvalue weighted by molar-refractivity contribution is -0.130. The third-order valence-electron chi connectivity index (χ3n) is 4.02. The number of hydrogen-bond acceptors (Lipinski definition) is 3. The number of unbranched alkanes of at least 4 members (excludes halogenated alkanes) is 1.